The van der Waals surface area contributed by atoms with Gasteiger partial charge in [-0.25, -0.2) is 4.98 Å². The third kappa shape index (κ3) is 2.47. The van der Waals surface area contributed by atoms with Crippen LogP contribution in [0.5, 0.6) is 11.5 Å². The summed E-state index contributed by atoms with van der Waals surface area (Å²) in [6, 6.07) is 5.71. The van der Waals surface area contributed by atoms with Crippen LogP contribution in [0.15, 0.2) is 23.6 Å². The summed E-state index contributed by atoms with van der Waals surface area (Å²) in [5, 5.41) is 2.92. The number of rotatable bonds is 4. The van der Waals surface area contributed by atoms with Gasteiger partial charge >= 0.3 is 0 Å². The average molecular weight is 264 g/mol. The van der Waals surface area contributed by atoms with Crippen LogP contribution in [0.4, 0.5) is 0 Å². The van der Waals surface area contributed by atoms with E-state index in [0.29, 0.717) is 11.5 Å². The summed E-state index contributed by atoms with van der Waals surface area (Å²) in [4.78, 5) is 4.51. The molecule has 1 aromatic carbocycles. The Balaban J connectivity index is 2.38. The fraction of sp³-hybridized carbons (Fsp3) is 0.308. The normalized spacial score (nSPS) is 12.2. The molecule has 5 heteroatoms. The maximum Gasteiger partial charge on any atom is 0.161 e. The van der Waals surface area contributed by atoms with Gasteiger partial charge in [0.25, 0.3) is 0 Å². The molecule has 0 aliphatic heterocycles. The second-order valence-electron chi connectivity index (χ2n) is 3.94. The van der Waals surface area contributed by atoms with Gasteiger partial charge in [0.1, 0.15) is 5.01 Å². The molecule has 0 amide bonds. The van der Waals surface area contributed by atoms with E-state index in [-0.39, 0.29) is 6.04 Å². The topological polar surface area (TPSA) is 57.4 Å². The number of hydrogen-bond acceptors (Lipinski definition) is 5. The molecule has 0 radical (unpaired) electrons. The van der Waals surface area contributed by atoms with Gasteiger partial charge in [-0.2, -0.15) is 0 Å². The van der Waals surface area contributed by atoms with Crippen molar-refractivity contribution in [2.45, 2.75) is 13.0 Å². The van der Waals surface area contributed by atoms with E-state index >= 15 is 0 Å². The highest BCUT2D eigenvalue weighted by molar-refractivity contribution is 7.13. The van der Waals surface area contributed by atoms with Gasteiger partial charge in [-0.15, -0.1) is 11.3 Å². The SMILES string of the molecule is COc1ccc(-c2nc(C(C)N)cs2)cc1OC. The van der Waals surface area contributed by atoms with Gasteiger partial charge in [0.05, 0.1) is 19.9 Å². The molecule has 0 aliphatic rings. The average Bonchev–Trinajstić information content (AvgIpc) is 2.87. The number of benzene rings is 1. The largest absolute Gasteiger partial charge is 0.493 e. The van der Waals surface area contributed by atoms with Crippen molar-refractivity contribution in [3.63, 3.8) is 0 Å². The van der Waals surface area contributed by atoms with Crippen LogP contribution in [0, 0.1) is 0 Å². The number of methoxy groups -OCH3 is 2. The molecule has 0 fully saturated rings. The third-order valence-electron chi connectivity index (χ3n) is 2.62. The molecule has 4 nitrogen and oxygen atoms in total. The molecule has 0 aliphatic carbocycles. The Kier molecular flexibility index (Phi) is 3.84. The lowest BCUT2D eigenvalue weighted by Gasteiger charge is -2.08. The Hall–Kier alpha value is -1.59. The maximum absolute atomic E-state index is 5.81. The van der Waals surface area contributed by atoms with Crippen LogP contribution in [-0.4, -0.2) is 19.2 Å². The maximum atomic E-state index is 5.81. The molecule has 1 atom stereocenters. The summed E-state index contributed by atoms with van der Waals surface area (Å²) in [6.45, 7) is 1.92. The highest BCUT2D eigenvalue weighted by Crippen LogP contribution is 2.33. The van der Waals surface area contributed by atoms with Crippen molar-refractivity contribution in [1.29, 1.82) is 0 Å². The van der Waals surface area contributed by atoms with Gasteiger partial charge < -0.3 is 15.2 Å². The highest BCUT2D eigenvalue weighted by atomic mass is 32.1. The predicted molar refractivity (Wildman–Crippen MR) is 73.3 cm³/mol. The summed E-state index contributed by atoms with van der Waals surface area (Å²) in [7, 11) is 3.24. The van der Waals surface area contributed by atoms with Crippen LogP contribution in [0.2, 0.25) is 0 Å². The Morgan fingerprint density at radius 2 is 1.94 bits per heavy atom. The van der Waals surface area contributed by atoms with Crippen molar-refractivity contribution in [2.75, 3.05) is 14.2 Å². The summed E-state index contributed by atoms with van der Waals surface area (Å²) in [6.07, 6.45) is 0. The minimum atomic E-state index is -0.0462. The van der Waals surface area contributed by atoms with Gasteiger partial charge in [0.2, 0.25) is 0 Å². The Morgan fingerprint density at radius 1 is 1.22 bits per heavy atom. The number of hydrogen-bond donors (Lipinski definition) is 1. The second kappa shape index (κ2) is 5.37. The molecule has 18 heavy (non-hydrogen) atoms. The molecular formula is C13H16N2O2S. The van der Waals surface area contributed by atoms with E-state index in [9.17, 15) is 0 Å². The molecule has 1 aromatic heterocycles. The van der Waals surface area contributed by atoms with E-state index in [1.165, 1.54) is 0 Å². The second-order valence-corrected chi connectivity index (χ2v) is 4.79. The van der Waals surface area contributed by atoms with Crippen molar-refractivity contribution in [2.24, 2.45) is 5.73 Å². The first kappa shape index (κ1) is 12.9. The van der Waals surface area contributed by atoms with Crippen LogP contribution < -0.4 is 15.2 Å². The predicted octanol–water partition coefficient (Wildman–Crippen LogP) is 2.85. The van der Waals surface area contributed by atoms with Gasteiger partial charge in [0, 0.05) is 17.0 Å². The summed E-state index contributed by atoms with van der Waals surface area (Å²) >= 11 is 1.58. The summed E-state index contributed by atoms with van der Waals surface area (Å²) in [5.41, 5.74) is 7.72. The quantitative estimate of drug-likeness (QED) is 0.922. The standard InChI is InChI=1S/C13H16N2O2S/c1-8(14)10-7-18-13(15-10)9-4-5-11(16-2)12(6-9)17-3/h4-8H,14H2,1-3H3. The minimum Gasteiger partial charge on any atom is -0.493 e. The van der Waals surface area contributed by atoms with Gasteiger partial charge in [-0.1, -0.05) is 0 Å². The highest BCUT2D eigenvalue weighted by Gasteiger charge is 2.10. The van der Waals surface area contributed by atoms with Crippen molar-refractivity contribution in [1.82, 2.24) is 4.98 Å². The van der Waals surface area contributed by atoms with Gasteiger partial charge in [0.15, 0.2) is 11.5 Å². The first-order chi connectivity index (χ1) is 8.65. The number of nitrogens with two attached hydrogens (primary N) is 1. The Bertz CT molecular complexity index is 538. The zero-order chi connectivity index (χ0) is 13.1. The van der Waals surface area contributed by atoms with Crippen molar-refractivity contribution in [3.05, 3.63) is 29.3 Å². The molecule has 0 bridgehead atoms. The zero-order valence-electron chi connectivity index (χ0n) is 10.6. The van der Waals surface area contributed by atoms with Crippen LogP contribution in [-0.2, 0) is 0 Å². The molecule has 0 spiro atoms. The fourth-order valence-corrected chi connectivity index (χ4v) is 2.52. The Labute approximate surface area is 110 Å². The molecule has 0 saturated heterocycles. The number of aromatic nitrogens is 1. The van der Waals surface area contributed by atoms with Crippen molar-refractivity contribution < 1.29 is 9.47 Å². The van der Waals surface area contributed by atoms with Crippen LogP contribution in [0.25, 0.3) is 10.6 Å². The van der Waals surface area contributed by atoms with E-state index < -0.39 is 0 Å². The molecule has 96 valence electrons. The van der Waals surface area contributed by atoms with Crippen LogP contribution >= 0.6 is 11.3 Å². The third-order valence-corrected chi connectivity index (χ3v) is 3.53. The minimum absolute atomic E-state index is 0.0462. The zero-order valence-corrected chi connectivity index (χ0v) is 11.5. The molecule has 2 rings (SSSR count). The van der Waals surface area contributed by atoms with E-state index in [0.717, 1.165) is 16.3 Å². The van der Waals surface area contributed by atoms with E-state index in [1.54, 1.807) is 25.6 Å². The summed E-state index contributed by atoms with van der Waals surface area (Å²) < 4.78 is 10.5. The lowest BCUT2D eigenvalue weighted by atomic mass is 10.2. The number of ether oxygens (including phenoxy) is 2. The van der Waals surface area contributed by atoms with Gasteiger partial charge in [-0.05, 0) is 25.1 Å². The molecular weight excluding hydrogens is 248 g/mol. The van der Waals surface area contributed by atoms with E-state index in [4.69, 9.17) is 15.2 Å². The molecule has 1 heterocycles. The lowest BCUT2D eigenvalue weighted by Crippen LogP contribution is -2.04. The van der Waals surface area contributed by atoms with Crippen molar-refractivity contribution in [3.8, 4) is 22.1 Å². The Morgan fingerprint density at radius 3 is 2.50 bits per heavy atom. The number of nitrogens with zero attached hydrogens (tertiary/aromatic N) is 1. The number of thiazole rings is 1. The summed E-state index contributed by atoms with van der Waals surface area (Å²) in [5.74, 6) is 1.41. The first-order valence-corrected chi connectivity index (χ1v) is 6.47. The molecule has 0 saturated carbocycles. The molecule has 2 N–H and O–H groups in total. The fourth-order valence-electron chi connectivity index (χ4n) is 1.60. The van der Waals surface area contributed by atoms with Crippen LogP contribution in [0.1, 0.15) is 18.7 Å². The first-order valence-electron chi connectivity index (χ1n) is 5.59. The lowest BCUT2D eigenvalue weighted by molar-refractivity contribution is 0.355. The van der Waals surface area contributed by atoms with E-state index in [1.807, 2.05) is 30.5 Å². The van der Waals surface area contributed by atoms with E-state index in [2.05, 4.69) is 4.98 Å². The van der Waals surface area contributed by atoms with Gasteiger partial charge in [-0.3, -0.25) is 0 Å². The molecule has 2 aromatic rings. The monoisotopic (exact) mass is 264 g/mol. The van der Waals surface area contributed by atoms with Crippen molar-refractivity contribution >= 4 is 11.3 Å². The smallest absolute Gasteiger partial charge is 0.161 e. The van der Waals surface area contributed by atoms with Crippen LogP contribution in [0.3, 0.4) is 0 Å². The molecule has 1 unspecified atom stereocenters.